The number of aryl methyl sites for hydroxylation is 2. The quantitative estimate of drug-likeness (QED) is 0.749. The van der Waals surface area contributed by atoms with Crippen LogP contribution in [0.3, 0.4) is 0 Å². The third kappa shape index (κ3) is 2.95. The lowest BCUT2D eigenvalue weighted by atomic mass is 10.1. The van der Waals surface area contributed by atoms with E-state index in [2.05, 4.69) is 36.8 Å². The molecule has 3 aromatic heterocycles. The van der Waals surface area contributed by atoms with Gasteiger partial charge >= 0.3 is 0 Å². The molecule has 0 aliphatic carbocycles. The molecule has 0 spiro atoms. The van der Waals surface area contributed by atoms with Crippen LogP contribution >= 0.6 is 0 Å². The Morgan fingerprint density at radius 2 is 2.15 bits per heavy atom. The average Bonchev–Trinajstić information content (AvgIpc) is 3.26. The molecule has 0 amide bonds. The Morgan fingerprint density at radius 1 is 1.27 bits per heavy atom. The molecular weight excluding hydrogens is 330 g/mol. The number of nitrogens with zero attached hydrogens (tertiary/aromatic N) is 6. The van der Waals surface area contributed by atoms with Crippen LogP contribution in [-0.2, 0) is 18.8 Å². The predicted molar refractivity (Wildman–Crippen MR) is 99.9 cm³/mol. The first kappa shape index (κ1) is 17.0. The van der Waals surface area contributed by atoms with Crippen molar-refractivity contribution in [3.8, 4) is 0 Å². The fraction of sp³-hybridized carbons (Fsp3) is 0.500. The van der Waals surface area contributed by atoms with Crippen LogP contribution < -0.4 is 5.32 Å². The van der Waals surface area contributed by atoms with E-state index in [1.54, 1.807) is 4.68 Å². The molecule has 1 aliphatic rings. The summed E-state index contributed by atoms with van der Waals surface area (Å²) >= 11 is 0. The van der Waals surface area contributed by atoms with E-state index >= 15 is 0 Å². The van der Waals surface area contributed by atoms with Crippen LogP contribution in [0.5, 0.6) is 0 Å². The Bertz CT molecular complexity index is 887. The monoisotopic (exact) mass is 355 g/mol. The predicted octanol–water partition coefficient (Wildman–Crippen LogP) is 1.58. The van der Waals surface area contributed by atoms with Crippen molar-refractivity contribution in [1.82, 2.24) is 29.2 Å². The van der Waals surface area contributed by atoms with Crippen LogP contribution in [0.25, 0.3) is 11.0 Å². The van der Waals surface area contributed by atoms with E-state index in [1.165, 1.54) is 0 Å². The van der Waals surface area contributed by atoms with Crippen LogP contribution in [0.1, 0.15) is 18.8 Å². The summed E-state index contributed by atoms with van der Waals surface area (Å²) < 4.78 is 10.0. The molecule has 3 aromatic rings. The van der Waals surface area contributed by atoms with Crippen molar-refractivity contribution in [2.24, 2.45) is 14.1 Å². The molecule has 26 heavy (non-hydrogen) atoms. The molecule has 1 aliphatic heterocycles. The number of fused-ring (bicyclic) bond motifs is 1. The maximum atomic E-state index is 6.15. The Labute approximate surface area is 152 Å². The molecule has 138 valence electrons. The molecule has 2 atom stereocenters. The molecule has 4 rings (SSSR count). The maximum absolute atomic E-state index is 6.15. The Balaban J connectivity index is 1.58. The minimum atomic E-state index is 0.0182. The van der Waals surface area contributed by atoms with Gasteiger partial charge in [0.25, 0.3) is 0 Å². The van der Waals surface area contributed by atoms with Crippen molar-refractivity contribution in [2.75, 3.05) is 31.6 Å². The third-order valence-corrected chi connectivity index (χ3v) is 5.11. The number of ether oxygens (including phenoxy) is 1. The van der Waals surface area contributed by atoms with E-state index in [0.29, 0.717) is 6.54 Å². The molecule has 8 heteroatoms. The average molecular weight is 355 g/mol. The van der Waals surface area contributed by atoms with Crippen LogP contribution in [0.4, 0.5) is 5.69 Å². The standard InChI is InChI=1S/C18H25N7O/c1-4-25-9-10-26-15(16(25)18-20-7-8-23(18)2)12-21-14-5-6-19-17-13(14)11-22-24(17)3/h5-8,11,15-16H,4,9-10,12H2,1-3H3,(H,19,21)/t15-,16+/m0/s1. The first-order chi connectivity index (χ1) is 12.7. The minimum Gasteiger partial charge on any atom is -0.382 e. The maximum Gasteiger partial charge on any atom is 0.159 e. The first-order valence-corrected chi connectivity index (χ1v) is 9.02. The van der Waals surface area contributed by atoms with Crippen LogP contribution in [0.2, 0.25) is 0 Å². The van der Waals surface area contributed by atoms with Gasteiger partial charge in [-0.15, -0.1) is 0 Å². The molecule has 0 bridgehead atoms. The zero-order chi connectivity index (χ0) is 18.1. The number of rotatable bonds is 5. The molecule has 4 heterocycles. The van der Waals surface area contributed by atoms with Crippen molar-refractivity contribution in [3.05, 3.63) is 36.7 Å². The zero-order valence-electron chi connectivity index (χ0n) is 15.5. The van der Waals surface area contributed by atoms with E-state index in [4.69, 9.17) is 4.74 Å². The molecule has 0 saturated carbocycles. The number of hydrogen-bond acceptors (Lipinski definition) is 6. The Hall–Kier alpha value is -2.45. The zero-order valence-corrected chi connectivity index (χ0v) is 15.5. The van der Waals surface area contributed by atoms with E-state index in [1.807, 2.05) is 44.9 Å². The van der Waals surface area contributed by atoms with E-state index in [0.717, 1.165) is 42.2 Å². The van der Waals surface area contributed by atoms with Crippen LogP contribution in [0, 0.1) is 0 Å². The second kappa shape index (κ2) is 7.05. The van der Waals surface area contributed by atoms with Gasteiger partial charge in [0, 0.05) is 51.5 Å². The molecule has 0 unspecified atom stereocenters. The van der Waals surface area contributed by atoms with Crippen molar-refractivity contribution >= 4 is 16.7 Å². The van der Waals surface area contributed by atoms with Crippen LogP contribution in [0.15, 0.2) is 30.9 Å². The summed E-state index contributed by atoms with van der Waals surface area (Å²) in [5, 5.41) is 8.87. The second-order valence-corrected chi connectivity index (χ2v) is 6.62. The summed E-state index contributed by atoms with van der Waals surface area (Å²) in [5.41, 5.74) is 1.90. The van der Waals surface area contributed by atoms with Gasteiger partial charge in [-0.2, -0.15) is 5.10 Å². The number of aromatic nitrogens is 5. The normalized spacial score (nSPS) is 21.3. The number of imidazole rings is 1. The smallest absolute Gasteiger partial charge is 0.159 e. The lowest BCUT2D eigenvalue weighted by Crippen LogP contribution is -2.48. The van der Waals surface area contributed by atoms with E-state index < -0.39 is 0 Å². The number of pyridine rings is 1. The fourth-order valence-electron chi connectivity index (χ4n) is 3.71. The second-order valence-electron chi connectivity index (χ2n) is 6.62. The fourth-order valence-corrected chi connectivity index (χ4v) is 3.71. The third-order valence-electron chi connectivity index (χ3n) is 5.11. The number of hydrogen-bond donors (Lipinski definition) is 1. The van der Waals surface area contributed by atoms with Crippen LogP contribution in [-0.4, -0.2) is 61.6 Å². The highest BCUT2D eigenvalue weighted by Crippen LogP contribution is 2.29. The van der Waals surface area contributed by atoms with Crippen molar-refractivity contribution < 1.29 is 4.74 Å². The summed E-state index contributed by atoms with van der Waals surface area (Å²) in [6.07, 6.45) is 7.52. The lowest BCUT2D eigenvalue weighted by molar-refractivity contribution is -0.0675. The van der Waals surface area contributed by atoms with Gasteiger partial charge in [-0.25, -0.2) is 9.97 Å². The number of nitrogens with one attached hydrogen (secondary N) is 1. The molecular formula is C18H25N7O. The van der Waals surface area contributed by atoms with Gasteiger partial charge in [-0.1, -0.05) is 6.92 Å². The summed E-state index contributed by atoms with van der Waals surface area (Å²) in [5.74, 6) is 1.04. The molecule has 1 fully saturated rings. The topological polar surface area (TPSA) is 73.0 Å². The molecule has 8 nitrogen and oxygen atoms in total. The Morgan fingerprint density at radius 3 is 2.92 bits per heavy atom. The summed E-state index contributed by atoms with van der Waals surface area (Å²) in [6.45, 7) is 5.52. The molecule has 1 saturated heterocycles. The highest BCUT2D eigenvalue weighted by Gasteiger charge is 2.35. The largest absolute Gasteiger partial charge is 0.382 e. The van der Waals surface area contributed by atoms with Gasteiger partial charge in [0.2, 0.25) is 0 Å². The van der Waals surface area contributed by atoms with Crippen molar-refractivity contribution in [2.45, 2.75) is 19.1 Å². The van der Waals surface area contributed by atoms with Gasteiger partial charge in [0.1, 0.15) is 5.82 Å². The van der Waals surface area contributed by atoms with Gasteiger partial charge in [-0.05, 0) is 12.6 Å². The number of anilines is 1. The highest BCUT2D eigenvalue weighted by atomic mass is 16.5. The molecule has 1 N–H and O–H groups in total. The minimum absolute atomic E-state index is 0.0182. The highest BCUT2D eigenvalue weighted by molar-refractivity contribution is 5.88. The van der Waals surface area contributed by atoms with E-state index in [-0.39, 0.29) is 12.1 Å². The van der Waals surface area contributed by atoms with Gasteiger partial charge in [0.15, 0.2) is 5.65 Å². The first-order valence-electron chi connectivity index (χ1n) is 9.02. The Kier molecular flexibility index (Phi) is 4.60. The summed E-state index contributed by atoms with van der Waals surface area (Å²) in [4.78, 5) is 11.4. The summed E-state index contributed by atoms with van der Waals surface area (Å²) in [6, 6.07) is 2.12. The van der Waals surface area contributed by atoms with Gasteiger partial charge < -0.3 is 14.6 Å². The lowest BCUT2D eigenvalue weighted by Gasteiger charge is -2.40. The summed E-state index contributed by atoms with van der Waals surface area (Å²) in [7, 11) is 3.94. The van der Waals surface area contributed by atoms with Gasteiger partial charge in [-0.3, -0.25) is 9.58 Å². The number of likely N-dealkylation sites (N-methyl/N-ethyl adjacent to an activating group) is 1. The number of morpholine rings is 1. The van der Waals surface area contributed by atoms with Crippen molar-refractivity contribution in [3.63, 3.8) is 0 Å². The van der Waals surface area contributed by atoms with Crippen molar-refractivity contribution in [1.29, 1.82) is 0 Å². The van der Waals surface area contributed by atoms with E-state index in [9.17, 15) is 0 Å². The molecule has 0 aromatic carbocycles. The van der Waals surface area contributed by atoms with Gasteiger partial charge in [0.05, 0.1) is 30.3 Å². The molecule has 0 radical (unpaired) electrons. The SMILES string of the molecule is CCN1CCO[C@@H](CNc2ccnc3c2cnn3C)[C@@H]1c1nccn1C.